The second-order valence-corrected chi connectivity index (χ2v) is 10.6. The van der Waals surface area contributed by atoms with Crippen LogP contribution >= 0.6 is 0 Å². The van der Waals surface area contributed by atoms with Crippen molar-refractivity contribution in [3.05, 3.63) is 49.1 Å². The second kappa shape index (κ2) is 9.21. The number of anilines is 1. The zero-order valence-electron chi connectivity index (χ0n) is 21.7. The van der Waals surface area contributed by atoms with Gasteiger partial charge in [0.15, 0.2) is 5.82 Å². The van der Waals surface area contributed by atoms with E-state index in [9.17, 15) is 0 Å². The number of nitrogen functional groups attached to an aromatic ring is 1. The van der Waals surface area contributed by atoms with Crippen LogP contribution in [0.2, 0.25) is 0 Å². The number of nitrogens with two attached hydrogens (primary N) is 1. The molecule has 4 aromatic heterocycles. The molecular weight excluding hydrogens is 480 g/mol. The third kappa shape index (κ3) is 3.86. The van der Waals surface area contributed by atoms with E-state index in [4.69, 9.17) is 25.4 Å². The monoisotopic (exact) mass is 512 g/mol. The predicted octanol–water partition coefficient (Wildman–Crippen LogP) is 4.67. The first kappa shape index (κ1) is 23.4. The number of nitrogens with zero attached hydrogens (tertiary/aromatic N) is 7. The first-order valence-electron chi connectivity index (χ1n) is 13.4. The summed E-state index contributed by atoms with van der Waals surface area (Å²) in [5.74, 6) is 0.442. The van der Waals surface area contributed by atoms with Crippen LogP contribution in [-0.2, 0) is 9.47 Å². The van der Waals surface area contributed by atoms with E-state index >= 15 is 0 Å². The lowest BCUT2D eigenvalue weighted by Gasteiger charge is -2.32. The quantitative estimate of drug-likeness (QED) is 0.372. The number of hydrogen-bond donors (Lipinski definition) is 1. The van der Waals surface area contributed by atoms with Gasteiger partial charge in [-0.15, -0.1) is 0 Å². The van der Waals surface area contributed by atoms with E-state index in [0.717, 1.165) is 77.8 Å². The van der Waals surface area contributed by atoms with E-state index in [1.807, 2.05) is 23.0 Å². The Balaban J connectivity index is 1.36. The Morgan fingerprint density at radius 3 is 2.53 bits per heavy atom. The summed E-state index contributed by atoms with van der Waals surface area (Å²) in [7, 11) is 0. The van der Waals surface area contributed by atoms with Crippen molar-refractivity contribution >= 4 is 22.2 Å². The van der Waals surface area contributed by atoms with Gasteiger partial charge in [0.2, 0.25) is 0 Å². The van der Waals surface area contributed by atoms with E-state index in [1.54, 1.807) is 0 Å². The number of fused-ring (bicyclic) bond motifs is 2. The molecule has 0 saturated carbocycles. The van der Waals surface area contributed by atoms with Gasteiger partial charge >= 0.3 is 0 Å². The normalized spacial score (nSPS) is 22.9. The van der Waals surface area contributed by atoms with Gasteiger partial charge in [0.05, 0.1) is 47.4 Å². The van der Waals surface area contributed by atoms with Crippen LogP contribution in [0.4, 0.5) is 5.82 Å². The largest absolute Gasteiger partial charge is 0.382 e. The fourth-order valence-corrected chi connectivity index (χ4v) is 6.28. The van der Waals surface area contributed by atoms with Crippen LogP contribution in [0.1, 0.15) is 51.6 Å². The summed E-state index contributed by atoms with van der Waals surface area (Å²) in [5, 5.41) is 15.2. The molecule has 6 heterocycles. The average molecular weight is 513 g/mol. The molecule has 2 N–H and O–H groups in total. The molecule has 2 atom stereocenters. The molecule has 2 saturated heterocycles. The highest BCUT2D eigenvalue weighted by Gasteiger charge is 2.28. The lowest BCUT2D eigenvalue weighted by atomic mass is 9.99. The standard InChI is InChI=1S/C28H32N8O2/c1-17-11-22(12-18(2)38-17)35-25-13-19(3-4-20(25)15-32-35)26-14-23(27-28(29)30-16-33-36(26)27)24-5-8-31-34(24)21-6-9-37-10-7-21/h3-5,8,13-18,21-22H,6-7,9-12H2,1-2H3,(H2,29,30,33). The number of ether oxygens (including phenoxy) is 2. The summed E-state index contributed by atoms with van der Waals surface area (Å²) in [5.41, 5.74) is 12.3. The first-order chi connectivity index (χ1) is 18.6. The zero-order chi connectivity index (χ0) is 25.8. The van der Waals surface area contributed by atoms with Crippen LogP contribution in [0.3, 0.4) is 0 Å². The van der Waals surface area contributed by atoms with Crippen molar-refractivity contribution in [3.8, 4) is 22.5 Å². The zero-order valence-corrected chi connectivity index (χ0v) is 21.7. The molecule has 38 heavy (non-hydrogen) atoms. The number of benzene rings is 1. The molecule has 10 heteroatoms. The van der Waals surface area contributed by atoms with Crippen LogP contribution in [0.15, 0.2) is 49.1 Å². The maximum Gasteiger partial charge on any atom is 0.152 e. The fraction of sp³-hybridized carbons (Fsp3) is 0.429. The molecule has 2 aliphatic rings. The van der Waals surface area contributed by atoms with Crippen molar-refractivity contribution in [1.82, 2.24) is 34.2 Å². The van der Waals surface area contributed by atoms with Crippen LogP contribution in [0.5, 0.6) is 0 Å². The van der Waals surface area contributed by atoms with Crippen LogP contribution in [-0.4, -0.2) is 59.6 Å². The van der Waals surface area contributed by atoms with Gasteiger partial charge in [0, 0.05) is 35.9 Å². The first-order valence-corrected chi connectivity index (χ1v) is 13.4. The molecular formula is C28H32N8O2. The van der Waals surface area contributed by atoms with Crippen molar-refractivity contribution < 1.29 is 9.47 Å². The molecule has 196 valence electrons. The molecule has 7 rings (SSSR count). The Morgan fingerprint density at radius 2 is 1.71 bits per heavy atom. The molecule has 0 aliphatic carbocycles. The minimum Gasteiger partial charge on any atom is -0.382 e. The summed E-state index contributed by atoms with van der Waals surface area (Å²) in [6.45, 7) is 5.77. The van der Waals surface area contributed by atoms with Gasteiger partial charge in [-0.1, -0.05) is 12.1 Å². The van der Waals surface area contributed by atoms with Crippen molar-refractivity contribution in [2.75, 3.05) is 18.9 Å². The van der Waals surface area contributed by atoms with Crippen molar-refractivity contribution in [3.63, 3.8) is 0 Å². The molecule has 0 bridgehead atoms. The van der Waals surface area contributed by atoms with Gasteiger partial charge in [-0.05, 0) is 57.7 Å². The van der Waals surface area contributed by atoms with Crippen LogP contribution in [0.25, 0.3) is 38.9 Å². The molecule has 5 aromatic rings. The molecule has 2 fully saturated rings. The molecule has 10 nitrogen and oxygen atoms in total. The third-order valence-electron chi connectivity index (χ3n) is 7.98. The summed E-state index contributed by atoms with van der Waals surface area (Å²) >= 11 is 0. The Morgan fingerprint density at radius 1 is 0.895 bits per heavy atom. The van der Waals surface area contributed by atoms with Gasteiger partial charge in [-0.2, -0.15) is 15.3 Å². The second-order valence-electron chi connectivity index (χ2n) is 10.6. The summed E-state index contributed by atoms with van der Waals surface area (Å²) in [6, 6.07) is 11.3. The van der Waals surface area contributed by atoms with Crippen LogP contribution in [0, 0.1) is 0 Å². The molecule has 2 unspecified atom stereocenters. The van der Waals surface area contributed by atoms with Crippen molar-refractivity contribution in [2.45, 2.75) is 63.8 Å². The van der Waals surface area contributed by atoms with E-state index in [-0.39, 0.29) is 18.2 Å². The van der Waals surface area contributed by atoms with Gasteiger partial charge in [0.1, 0.15) is 11.8 Å². The Hall–Kier alpha value is -3.76. The van der Waals surface area contributed by atoms with E-state index in [2.05, 4.69) is 57.6 Å². The summed E-state index contributed by atoms with van der Waals surface area (Å²) in [4.78, 5) is 4.33. The average Bonchev–Trinajstić information content (AvgIpc) is 3.65. The molecule has 2 aliphatic heterocycles. The highest BCUT2D eigenvalue weighted by Crippen LogP contribution is 2.38. The number of hydrogen-bond acceptors (Lipinski definition) is 7. The minimum absolute atomic E-state index is 0.212. The third-order valence-corrected chi connectivity index (χ3v) is 7.98. The smallest absolute Gasteiger partial charge is 0.152 e. The van der Waals surface area contributed by atoms with Crippen LogP contribution < -0.4 is 5.73 Å². The predicted molar refractivity (Wildman–Crippen MR) is 145 cm³/mol. The Labute approximate surface area is 220 Å². The Kier molecular flexibility index (Phi) is 5.66. The van der Waals surface area contributed by atoms with Gasteiger partial charge < -0.3 is 15.2 Å². The highest BCUT2D eigenvalue weighted by atomic mass is 16.5. The van der Waals surface area contributed by atoms with Crippen molar-refractivity contribution in [1.29, 1.82) is 0 Å². The lowest BCUT2D eigenvalue weighted by molar-refractivity contribution is -0.0499. The maximum atomic E-state index is 6.46. The Bertz CT molecular complexity index is 1600. The van der Waals surface area contributed by atoms with Gasteiger partial charge in [0.25, 0.3) is 0 Å². The lowest BCUT2D eigenvalue weighted by Crippen LogP contribution is -2.31. The fourth-order valence-electron chi connectivity index (χ4n) is 6.28. The van der Waals surface area contributed by atoms with Crippen molar-refractivity contribution in [2.24, 2.45) is 0 Å². The highest BCUT2D eigenvalue weighted by molar-refractivity contribution is 5.92. The summed E-state index contributed by atoms with van der Waals surface area (Å²) in [6.07, 6.45) is 9.51. The molecule has 0 radical (unpaired) electrons. The maximum absolute atomic E-state index is 6.46. The van der Waals surface area contributed by atoms with Gasteiger partial charge in [-0.3, -0.25) is 9.36 Å². The van der Waals surface area contributed by atoms with Gasteiger partial charge in [-0.25, -0.2) is 9.50 Å². The minimum atomic E-state index is 0.212. The molecule has 1 aromatic carbocycles. The SMILES string of the molecule is CC1CC(n2ncc3ccc(-c4cc(-c5ccnn5C5CCOCC5)c5c(N)ncnn45)cc32)CC(C)O1. The van der Waals surface area contributed by atoms with E-state index < -0.39 is 0 Å². The molecule has 0 spiro atoms. The topological polar surface area (TPSA) is 110 Å². The number of rotatable bonds is 4. The summed E-state index contributed by atoms with van der Waals surface area (Å²) < 4.78 is 17.8. The van der Waals surface area contributed by atoms with E-state index in [1.165, 1.54) is 6.33 Å². The molecule has 0 amide bonds. The number of aromatic nitrogens is 7. The van der Waals surface area contributed by atoms with E-state index in [0.29, 0.717) is 11.9 Å².